The van der Waals surface area contributed by atoms with Crippen LogP contribution in [0.15, 0.2) is 64.5 Å². The van der Waals surface area contributed by atoms with Gasteiger partial charge in [-0.25, -0.2) is 17.6 Å². The van der Waals surface area contributed by atoms with Gasteiger partial charge in [-0.1, -0.05) is 0 Å². The quantitative estimate of drug-likeness (QED) is 0.287. The standard InChI is InChI=1S/C28H27FN6O5S/c1-16-9-21(18-11-17(2)27(22(29)12-18)40-14-24-30-15-31-33-24)26-23(10-16)35(28(37)34(26)3)13-25(36)32-19-5-7-20(8-6-19)41(4,38)39/h5-12,15H,13-14H2,1-4H3,(H,32,36)(H,30,31,33). The molecule has 2 aromatic heterocycles. The van der Waals surface area contributed by atoms with E-state index < -0.39 is 27.3 Å². The van der Waals surface area contributed by atoms with Crippen LogP contribution in [0.3, 0.4) is 0 Å². The Balaban J connectivity index is 1.47. The van der Waals surface area contributed by atoms with Crippen molar-refractivity contribution in [3.63, 3.8) is 0 Å². The van der Waals surface area contributed by atoms with Gasteiger partial charge in [-0.05, 0) is 79.1 Å². The molecule has 0 bridgehead atoms. The normalized spacial score (nSPS) is 11.6. The van der Waals surface area contributed by atoms with Crippen LogP contribution in [-0.4, -0.2) is 44.9 Å². The molecule has 13 heteroatoms. The summed E-state index contributed by atoms with van der Waals surface area (Å²) < 4.78 is 47.1. The molecule has 0 saturated carbocycles. The Labute approximate surface area is 234 Å². The second-order valence-electron chi connectivity index (χ2n) is 9.78. The summed E-state index contributed by atoms with van der Waals surface area (Å²) in [5, 5.41) is 10.2. The van der Waals surface area contributed by atoms with E-state index in [2.05, 4.69) is 20.5 Å². The van der Waals surface area contributed by atoms with Gasteiger partial charge in [0.2, 0.25) is 5.91 Å². The van der Waals surface area contributed by atoms with Gasteiger partial charge in [0.15, 0.2) is 27.2 Å². The molecule has 2 N–H and O–H groups in total. The fourth-order valence-corrected chi connectivity index (χ4v) is 5.34. The van der Waals surface area contributed by atoms with Crippen LogP contribution in [0.25, 0.3) is 22.2 Å². The van der Waals surface area contributed by atoms with Crippen LogP contribution in [0.5, 0.6) is 5.75 Å². The van der Waals surface area contributed by atoms with Crippen LogP contribution in [-0.2, 0) is 34.8 Å². The lowest BCUT2D eigenvalue weighted by molar-refractivity contribution is -0.116. The Hall–Kier alpha value is -4.78. The van der Waals surface area contributed by atoms with Crippen molar-refractivity contribution in [2.75, 3.05) is 11.6 Å². The third kappa shape index (κ3) is 5.61. The van der Waals surface area contributed by atoms with Gasteiger partial charge in [0.25, 0.3) is 0 Å². The van der Waals surface area contributed by atoms with Crippen molar-refractivity contribution < 1.29 is 22.3 Å². The SMILES string of the molecule is Cc1cc(-c2cc(C)c(OCc3nnc[nH]3)c(F)c2)c2c(c1)n(CC(=O)Nc1ccc(S(C)(=O)=O)cc1)c(=O)n2C. The van der Waals surface area contributed by atoms with Crippen molar-refractivity contribution in [1.29, 1.82) is 0 Å². The maximum absolute atomic E-state index is 15.2. The van der Waals surface area contributed by atoms with E-state index in [0.29, 0.717) is 39.2 Å². The number of aromatic amines is 1. The van der Waals surface area contributed by atoms with Crippen LogP contribution in [0.4, 0.5) is 10.1 Å². The summed E-state index contributed by atoms with van der Waals surface area (Å²) in [4.78, 5) is 29.1. The number of hydrogen-bond donors (Lipinski definition) is 2. The molecule has 0 fully saturated rings. The number of imidazole rings is 1. The number of H-pyrrole nitrogens is 1. The Morgan fingerprint density at radius 1 is 1.12 bits per heavy atom. The van der Waals surface area contributed by atoms with Crippen LogP contribution >= 0.6 is 0 Å². The number of benzene rings is 3. The summed E-state index contributed by atoms with van der Waals surface area (Å²) in [6.45, 7) is 3.32. The molecule has 0 unspecified atom stereocenters. The number of aryl methyl sites for hydroxylation is 3. The lowest BCUT2D eigenvalue weighted by Crippen LogP contribution is -2.28. The van der Waals surface area contributed by atoms with Crippen LogP contribution in [0, 0.1) is 19.7 Å². The third-order valence-electron chi connectivity index (χ3n) is 6.61. The van der Waals surface area contributed by atoms with Gasteiger partial charge < -0.3 is 15.0 Å². The molecule has 0 spiro atoms. The number of nitrogens with one attached hydrogen (secondary N) is 2. The molecule has 0 aliphatic rings. The molecular weight excluding hydrogens is 551 g/mol. The lowest BCUT2D eigenvalue weighted by atomic mass is 9.99. The van der Waals surface area contributed by atoms with Gasteiger partial charge in [0.1, 0.15) is 19.5 Å². The zero-order valence-electron chi connectivity index (χ0n) is 22.7. The fourth-order valence-electron chi connectivity index (χ4n) is 4.71. The van der Waals surface area contributed by atoms with E-state index in [1.54, 1.807) is 26.1 Å². The van der Waals surface area contributed by atoms with E-state index in [-0.39, 0.29) is 23.8 Å². The first-order valence-electron chi connectivity index (χ1n) is 12.5. The average Bonchev–Trinajstić information content (AvgIpc) is 3.50. The molecule has 0 saturated heterocycles. The van der Waals surface area contributed by atoms with E-state index in [1.165, 1.54) is 45.8 Å². The van der Waals surface area contributed by atoms with Crippen molar-refractivity contribution >= 4 is 32.5 Å². The van der Waals surface area contributed by atoms with Crippen LogP contribution < -0.4 is 15.7 Å². The van der Waals surface area contributed by atoms with E-state index in [1.807, 2.05) is 13.0 Å². The van der Waals surface area contributed by atoms with E-state index in [9.17, 15) is 18.0 Å². The number of rotatable bonds is 8. The molecule has 3 aromatic carbocycles. The van der Waals surface area contributed by atoms with Crippen LogP contribution in [0.2, 0.25) is 0 Å². The van der Waals surface area contributed by atoms with Crippen LogP contribution in [0.1, 0.15) is 17.0 Å². The number of carbonyl (C=O) groups is 1. The van der Waals surface area contributed by atoms with Crippen molar-refractivity contribution in [2.24, 2.45) is 7.05 Å². The van der Waals surface area contributed by atoms with Gasteiger partial charge in [0, 0.05) is 24.6 Å². The number of ether oxygens (including phenoxy) is 1. The maximum Gasteiger partial charge on any atom is 0.329 e. The van der Waals surface area contributed by atoms with Gasteiger partial charge in [-0.3, -0.25) is 13.9 Å². The Morgan fingerprint density at radius 3 is 2.49 bits per heavy atom. The Morgan fingerprint density at radius 2 is 1.85 bits per heavy atom. The second-order valence-corrected chi connectivity index (χ2v) is 11.8. The number of hydrogen-bond acceptors (Lipinski definition) is 7. The first-order valence-corrected chi connectivity index (χ1v) is 14.4. The minimum absolute atomic E-state index is 0.0209. The minimum Gasteiger partial charge on any atom is -0.482 e. The molecule has 2 heterocycles. The molecule has 0 atom stereocenters. The Bertz CT molecular complexity index is 1920. The number of anilines is 1. The summed E-state index contributed by atoms with van der Waals surface area (Å²) in [6.07, 6.45) is 2.51. The van der Waals surface area contributed by atoms with Gasteiger partial charge in [-0.15, -0.1) is 10.2 Å². The molecule has 0 aliphatic heterocycles. The summed E-state index contributed by atoms with van der Waals surface area (Å²) in [5.74, 6) is -0.494. The topological polar surface area (TPSA) is 141 Å². The summed E-state index contributed by atoms with van der Waals surface area (Å²) in [7, 11) is -1.78. The van der Waals surface area contributed by atoms with Crippen molar-refractivity contribution in [3.05, 3.63) is 88.1 Å². The smallest absolute Gasteiger partial charge is 0.329 e. The fraction of sp³-hybridized carbons (Fsp3) is 0.214. The number of fused-ring (bicyclic) bond motifs is 1. The van der Waals surface area contributed by atoms with Gasteiger partial charge >= 0.3 is 5.69 Å². The monoisotopic (exact) mass is 578 g/mol. The second kappa shape index (κ2) is 10.7. The molecule has 1 amide bonds. The summed E-state index contributed by atoms with van der Waals surface area (Å²) in [5.41, 5.74) is 3.57. The Kier molecular flexibility index (Phi) is 7.22. The first kappa shape index (κ1) is 27.8. The number of nitrogens with zero attached hydrogens (tertiary/aromatic N) is 4. The third-order valence-corrected chi connectivity index (χ3v) is 7.74. The summed E-state index contributed by atoms with van der Waals surface area (Å²) in [6, 6.07) is 12.6. The number of aromatic nitrogens is 5. The predicted molar refractivity (Wildman–Crippen MR) is 151 cm³/mol. The highest BCUT2D eigenvalue weighted by molar-refractivity contribution is 7.90. The van der Waals surface area contributed by atoms with Crippen molar-refractivity contribution in [3.8, 4) is 16.9 Å². The highest BCUT2D eigenvalue weighted by atomic mass is 32.2. The largest absolute Gasteiger partial charge is 0.482 e. The molecule has 212 valence electrons. The summed E-state index contributed by atoms with van der Waals surface area (Å²) >= 11 is 0. The maximum atomic E-state index is 15.2. The molecule has 41 heavy (non-hydrogen) atoms. The number of halogens is 1. The lowest BCUT2D eigenvalue weighted by Gasteiger charge is -2.13. The average molecular weight is 579 g/mol. The van der Waals surface area contributed by atoms with E-state index in [4.69, 9.17) is 4.74 Å². The number of sulfone groups is 1. The zero-order valence-corrected chi connectivity index (χ0v) is 23.5. The minimum atomic E-state index is -3.37. The highest BCUT2D eigenvalue weighted by Crippen LogP contribution is 2.34. The highest BCUT2D eigenvalue weighted by Gasteiger charge is 2.20. The van der Waals surface area contributed by atoms with Crippen molar-refractivity contribution in [1.82, 2.24) is 24.3 Å². The number of amides is 1. The van der Waals surface area contributed by atoms with Gasteiger partial charge in [-0.2, -0.15) is 0 Å². The first-order chi connectivity index (χ1) is 19.4. The van der Waals surface area contributed by atoms with E-state index in [0.717, 1.165) is 11.8 Å². The molecular formula is C28H27FN6O5S. The predicted octanol–water partition coefficient (Wildman–Crippen LogP) is 3.50. The molecule has 11 nitrogen and oxygen atoms in total. The molecule has 5 aromatic rings. The van der Waals surface area contributed by atoms with Crippen molar-refractivity contribution in [2.45, 2.75) is 31.9 Å². The molecule has 0 aliphatic carbocycles. The van der Waals surface area contributed by atoms with Gasteiger partial charge in [0.05, 0.1) is 15.9 Å². The molecule has 0 radical (unpaired) electrons. The zero-order chi connectivity index (χ0) is 29.5. The molecule has 5 rings (SSSR count). The number of carbonyl (C=O) groups excluding carboxylic acids is 1. The van der Waals surface area contributed by atoms with E-state index >= 15 is 4.39 Å².